The van der Waals surface area contributed by atoms with Gasteiger partial charge in [0.25, 0.3) is 0 Å². The van der Waals surface area contributed by atoms with E-state index in [0.717, 1.165) is 31.8 Å². The number of hydrogen-bond donors (Lipinski definition) is 1. The SMILES string of the molecule is O[C@H]1CCN(CCOc2cccc(Cl)c2)C1. The number of ether oxygens (including phenoxy) is 1. The summed E-state index contributed by atoms with van der Waals surface area (Å²) in [6.07, 6.45) is 0.711. The van der Waals surface area contributed by atoms with Crippen LogP contribution in [0.2, 0.25) is 5.02 Å². The number of nitrogens with zero attached hydrogens (tertiary/aromatic N) is 1. The monoisotopic (exact) mass is 241 g/mol. The molecule has 0 saturated carbocycles. The number of benzene rings is 1. The highest BCUT2D eigenvalue weighted by molar-refractivity contribution is 6.30. The second-order valence-corrected chi connectivity index (χ2v) is 4.49. The Morgan fingerprint density at radius 3 is 3.06 bits per heavy atom. The van der Waals surface area contributed by atoms with Crippen LogP contribution in [0.5, 0.6) is 5.75 Å². The summed E-state index contributed by atoms with van der Waals surface area (Å²) >= 11 is 5.85. The molecule has 3 nitrogen and oxygen atoms in total. The molecule has 0 bridgehead atoms. The van der Waals surface area contributed by atoms with Crippen molar-refractivity contribution >= 4 is 11.6 Å². The standard InChI is InChI=1S/C12H16ClNO2/c13-10-2-1-3-12(8-10)16-7-6-14-5-4-11(15)9-14/h1-3,8,11,15H,4-7,9H2/t11-/m0/s1. The summed E-state index contributed by atoms with van der Waals surface area (Å²) in [4.78, 5) is 2.20. The molecule has 1 aliphatic heterocycles. The summed E-state index contributed by atoms with van der Waals surface area (Å²) in [6.45, 7) is 3.20. The highest BCUT2D eigenvalue weighted by Crippen LogP contribution is 2.17. The van der Waals surface area contributed by atoms with Crippen LogP contribution in [0.15, 0.2) is 24.3 Å². The summed E-state index contributed by atoms with van der Waals surface area (Å²) in [6, 6.07) is 7.40. The lowest BCUT2D eigenvalue weighted by atomic mass is 10.3. The maximum absolute atomic E-state index is 9.35. The van der Waals surface area contributed by atoms with E-state index in [0.29, 0.717) is 11.6 Å². The van der Waals surface area contributed by atoms with Crippen LogP contribution >= 0.6 is 11.6 Å². The fourth-order valence-electron chi connectivity index (χ4n) is 1.86. The van der Waals surface area contributed by atoms with Crippen molar-refractivity contribution < 1.29 is 9.84 Å². The van der Waals surface area contributed by atoms with Gasteiger partial charge in [0, 0.05) is 24.7 Å². The number of aliphatic hydroxyl groups is 1. The minimum absolute atomic E-state index is 0.161. The van der Waals surface area contributed by atoms with Gasteiger partial charge in [-0.3, -0.25) is 4.90 Å². The average Bonchev–Trinajstić information content (AvgIpc) is 2.64. The van der Waals surface area contributed by atoms with E-state index >= 15 is 0 Å². The number of halogens is 1. The van der Waals surface area contributed by atoms with Gasteiger partial charge in [-0.15, -0.1) is 0 Å². The highest BCUT2D eigenvalue weighted by atomic mass is 35.5. The molecule has 2 rings (SSSR count). The molecule has 1 fully saturated rings. The third kappa shape index (κ3) is 3.37. The third-order valence-corrected chi connectivity index (χ3v) is 2.95. The molecule has 1 aliphatic rings. The first-order chi connectivity index (χ1) is 7.74. The van der Waals surface area contributed by atoms with Gasteiger partial charge in [-0.05, 0) is 24.6 Å². The van der Waals surface area contributed by atoms with Crippen molar-refractivity contribution in [2.24, 2.45) is 0 Å². The van der Waals surface area contributed by atoms with Crippen molar-refractivity contribution in [3.8, 4) is 5.75 Å². The van der Waals surface area contributed by atoms with Crippen molar-refractivity contribution in [2.45, 2.75) is 12.5 Å². The molecule has 16 heavy (non-hydrogen) atoms. The zero-order valence-electron chi connectivity index (χ0n) is 9.10. The van der Waals surface area contributed by atoms with Crippen LogP contribution in [0.25, 0.3) is 0 Å². The quantitative estimate of drug-likeness (QED) is 0.873. The molecule has 1 saturated heterocycles. The smallest absolute Gasteiger partial charge is 0.120 e. The van der Waals surface area contributed by atoms with E-state index in [1.807, 2.05) is 18.2 Å². The Kier molecular flexibility index (Phi) is 4.04. The Balaban J connectivity index is 1.72. The fourth-order valence-corrected chi connectivity index (χ4v) is 2.04. The Labute approximate surface area is 101 Å². The minimum Gasteiger partial charge on any atom is -0.492 e. The molecule has 1 aromatic carbocycles. The molecule has 0 unspecified atom stereocenters. The first-order valence-electron chi connectivity index (χ1n) is 5.53. The molecule has 1 atom stereocenters. The van der Waals surface area contributed by atoms with Crippen LogP contribution in [-0.2, 0) is 0 Å². The molecule has 1 N–H and O–H groups in total. The molecular formula is C12H16ClNO2. The van der Waals surface area contributed by atoms with Crippen LogP contribution < -0.4 is 4.74 Å². The number of rotatable bonds is 4. The maximum atomic E-state index is 9.35. The topological polar surface area (TPSA) is 32.7 Å². The van der Waals surface area contributed by atoms with Crippen molar-refractivity contribution in [1.29, 1.82) is 0 Å². The van der Waals surface area contributed by atoms with Gasteiger partial charge in [0.1, 0.15) is 12.4 Å². The molecule has 4 heteroatoms. The summed E-state index contributed by atoms with van der Waals surface area (Å²) in [7, 11) is 0. The van der Waals surface area contributed by atoms with E-state index in [4.69, 9.17) is 16.3 Å². The van der Waals surface area contributed by atoms with Crippen molar-refractivity contribution in [3.05, 3.63) is 29.3 Å². The predicted octanol–water partition coefficient (Wildman–Crippen LogP) is 1.79. The van der Waals surface area contributed by atoms with Gasteiger partial charge >= 0.3 is 0 Å². The molecule has 1 heterocycles. The van der Waals surface area contributed by atoms with Gasteiger partial charge in [-0.25, -0.2) is 0 Å². The number of aliphatic hydroxyl groups excluding tert-OH is 1. The van der Waals surface area contributed by atoms with Crippen LogP contribution in [-0.4, -0.2) is 42.4 Å². The third-order valence-electron chi connectivity index (χ3n) is 2.72. The normalized spacial score (nSPS) is 21.2. The lowest BCUT2D eigenvalue weighted by Crippen LogP contribution is -2.27. The molecule has 1 aromatic rings. The largest absolute Gasteiger partial charge is 0.492 e. The Bertz CT molecular complexity index is 346. The molecule has 0 aliphatic carbocycles. The first-order valence-corrected chi connectivity index (χ1v) is 5.90. The Morgan fingerprint density at radius 2 is 2.38 bits per heavy atom. The van der Waals surface area contributed by atoms with Crippen molar-refractivity contribution in [3.63, 3.8) is 0 Å². The molecule has 0 radical (unpaired) electrons. The summed E-state index contributed by atoms with van der Waals surface area (Å²) in [5.41, 5.74) is 0. The van der Waals surface area contributed by atoms with Gasteiger partial charge in [-0.1, -0.05) is 17.7 Å². The van der Waals surface area contributed by atoms with E-state index in [9.17, 15) is 5.11 Å². The second kappa shape index (κ2) is 5.53. The molecular weight excluding hydrogens is 226 g/mol. The van der Waals surface area contributed by atoms with E-state index in [-0.39, 0.29) is 6.10 Å². The van der Waals surface area contributed by atoms with Crippen molar-refractivity contribution in [1.82, 2.24) is 4.90 Å². The summed E-state index contributed by atoms with van der Waals surface area (Å²) in [5.74, 6) is 0.798. The van der Waals surface area contributed by atoms with Gasteiger partial charge in [0.2, 0.25) is 0 Å². The molecule has 0 aromatic heterocycles. The number of likely N-dealkylation sites (tertiary alicyclic amines) is 1. The van der Waals surface area contributed by atoms with Gasteiger partial charge in [0.15, 0.2) is 0 Å². The Morgan fingerprint density at radius 1 is 1.50 bits per heavy atom. The second-order valence-electron chi connectivity index (χ2n) is 4.05. The summed E-state index contributed by atoms with van der Waals surface area (Å²) < 4.78 is 5.58. The lowest BCUT2D eigenvalue weighted by Gasteiger charge is -2.15. The Hall–Kier alpha value is -0.770. The van der Waals surface area contributed by atoms with E-state index in [2.05, 4.69) is 4.90 Å². The van der Waals surface area contributed by atoms with E-state index < -0.39 is 0 Å². The maximum Gasteiger partial charge on any atom is 0.120 e. The van der Waals surface area contributed by atoms with Crippen molar-refractivity contribution in [2.75, 3.05) is 26.2 Å². The average molecular weight is 242 g/mol. The predicted molar refractivity (Wildman–Crippen MR) is 64.0 cm³/mol. The lowest BCUT2D eigenvalue weighted by molar-refractivity contribution is 0.167. The van der Waals surface area contributed by atoms with Gasteiger partial charge < -0.3 is 9.84 Å². The van der Waals surface area contributed by atoms with Crippen LogP contribution in [0, 0.1) is 0 Å². The van der Waals surface area contributed by atoms with Crippen LogP contribution in [0.1, 0.15) is 6.42 Å². The molecule has 0 spiro atoms. The fraction of sp³-hybridized carbons (Fsp3) is 0.500. The van der Waals surface area contributed by atoms with E-state index in [1.165, 1.54) is 0 Å². The van der Waals surface area contributed by atoms with Gasteiger partial charge in [0.05, 0.1) is 6.10 Å². The zero-order chi connectivity index (χ0) is 11.4. The first kappa shape index (κ1) is 11.7. The van der Waals surface area contributed by atoms with E-state index in [1.54, 1.807) is 6.07 Å². The summed E-state index contributed by atoms with van der Waals surface area (Å²) in [5, 5.41) is 10.0. The van der Waals surface area contributed by atoms with Gasteiger partial charge in [-0.2, -0.15) is 0 Å². The minimum atomic E-state index is -0.161. The molecule has 0 amide bonds. The van der Waals surface area contributed by atoms with Crippen LogP contribution in [0.4, 0.5) is 0 Å². The number of hydrogen-bond acceptors (Lipinski definition) is 3. The number of β-amino-alcohol motifs (C(OH)–C–C–N with tert-alkyl or cyclic N) is 1. The molecule has 88 valence electrons. The highest BCUT2D eigenvalue weighted by Gasteiger charge is 2.19. The van der Waals surface area contributed by atoms with Crippen LogP contribution in [0.3, 0.4) is 0 Å². The zero-order valence-corrected chi connectivity index (χ0v) is 9.86.